The highest BCUT2D eigenvalue weighted by Gasteiger charge is 2.12. The number of nitrogens with zero attached hydrogens (tertiary/aromatic N) is 1. The van der Waals surface area contributed by atoms with Crippen LogP contribution < -0.4 is 5.32 Å². The number of rotatable bonds is 0. The average Bonchev–Trinajstić information content (AvgIpc) is 1.84. The SMILES string of the molecule is CN(C(=N)NC(=O)O)C(=O)O. The molecule has 0 aliphatic carbocycles. The molecule has 0 bridgehead atoms. The second kappa shape index (κ2) is 3.40. The third-order valence-corrected chi connectivity index (χ3v) is 0.848. The maximum Gasteiger partial charge on any atom is 0.413 e. The smallest absolute Gasteiger partial charge is 0.413 e. The largest absolute Gasteiger partial charge is 0.465 e. The Morgan fingerprint density at radius 2 is 1.91 bits per heavy atom. The van der Waals surface area contributed by atoms with E-state index < -0.39 is 18.1 Å². The number of nitrogens with one attached hydrogen (secondary N) is 2. The molecule has 0 heterocycles. The lowest BCUT2D eigenvalue weighted by atomic mass is 10.7. The quantitative estimate of drug-likeness (QED) is 0.291. The molecular weight excluding hydrogens is 154 g/mol. The first-order chi connectivity index (χ1) is 4.95. The fraction of sp³-hybridized carbons (Fsp3) is 0.250. The van der Waals surface area contributed by atoms with Gasteiger partial charge >= 0.3 is 12.2 Å². The Hall–Kier alpha value is -1.79. The van der Waals surface area contributed by atoms with Crippen molar-refractivity contribution in [2.24, 2.45) is 0 Å². The molecule has 0 unspecified atom stereocenters. The third kappa shape index (κ3) is 3.04. The lowest BCUT2D eigenvalue weighted by molar-refractivity contribution is 0.173. The van der Waals surface area contributed by atoms with E-state index in [1.165, 1.54) is 0 Å². The zero-order chi connectivity index (χ0) is 9.02. The number of amides is 2. The molecule has 0 aromatic heterocycles. The van der Waals surface area contributed by atoms with Crippen molar-refractivity contribution < 1.29 is 19.8 Å². The van der Waals surface area contributed by atoms with E-state index in [9.17, 15) is 9.59 Å². The summed E-state index contributed by atoms with van der Waals surface area (Å²) in [5, 5.41) is 24.6. The zero-order valence-corrected chi connectivity index (χ0v) is 5.66. The van der Waals surface area contributed by atoms with Gasteiger partial charge in [-0.1, -0.05) is 0 Å². The second-order valence-electron chi connectivity index (χ2n) is 1.62. The molecule has 11 heavy (non-hydrogen) atoms. The van der Waals surface area contributed by atoms with Crippen molar-refractivity contribution in [3.8, 4) is 0 Å². The number of carbonyl (C=O) groups is 2. The Labute approximate surface area is 61.7 Å². The number of hydrogen-bond donors (Lipinski definition) is 4. The van der Waals surface area contributed by atoms with E-state index in [0.717, 1.165) is 7.05 Å². The highest BCUT2D eigenvalue weighted by atomic mass is 16.4. The topological polar surface area (TPSA) is 114 Å². The Morgan fingerprint density at radius 3 is 2.18 bits per heavy atom. The minimum atomic E-state index is -1.47. The summed E-state index contributed by atoms with van der Waals surface area (Å²) in [4.78, 5) is 20.4. The Balaban J connectivity index is 4.04. The molecule has 0 fully saturated rings. The first kappa shape index (κ1) is 9.21. The molecule has 0 saturated carbocycles. The molecule has 4 N–H and O–H groups in total. The molecule has 0 saturated heterocycles. The molecule has 0 radical (unpaired) electrons. The van der Waals surface area contributed by atoms with Gasteiger partial charge in [-0.15, -0.1) is 0 Å². The van der Waals surface area contributed by atoms with Crippen molar-refractivity contribution >= 4 is 18.1 Å². The maximum absolute atomic E-state index is 10.1. The van der Waals surface area contributed by atoms with Gasteiger partial charge in [0.2, 0.25) is 5.96 Å². The Kier molecular flexibility index (Phi) is 2.84. The number of guanidine groups is 1. The number of carboxylic acid groups (broad SMARTS) is 2. The molecule has 0 spiro atoms. The standard InChI is InChI=1S/C4H7N3O4/c1-7(4(10)11)2(5)6-3(8)9/h1H3,(H2,5,6)(H,8,9)(H,10,11). The normalized spacial score (nSPS) is 8.45. The molecule has 7 nitrogen and oxygen atoms in total. The van der Waals surface area contributed by atoms with Crippen molar-refractivity contribution in [3.05, 3.63) is 0 Å². The minimum absolute atomic E-state index is 0.439. The molecule has 0 aliphatic rings. The summed E-state index contributed by atoms with van der Waals surface area (Å²) in [6.07, 6.45) is -2.87. The van der Waals surface area contributed by atoms with Gasteiger partial charge in [-0.2, -0.15) is 0 Å². The van der Waals surface area contributed by atoms with Gasteiger partial charge in [0.05, 0.1) is 0 Å². The molecule has 0 aliphatic heterocycles. The van der Waals surface area contributed by atoms with E-state index in [1.54, 1.807) is 5.32 Å². The minimum Gasteiger partial charge on any atom is -0.465 e. The molecule has 62 valence electrons. The van der Waals surface area contributed by atoms with Crippen LogP contribution in [0.4, 0.5) is 9.59 Å². The van der Waals surface area contributed by atoms with Crippen molar-refractivity contribution in [1.82, 2.24) is 10.2 Å². The Bertz CT molecular complexity index is 202. The van der Waals surface area contributed by atoms with Gasteiger partial charge < -0.3 is 10.2 Å². The van der Waals surface area contributed by atoms with Crippen LogP contribution in [0.2, 0.25) is 0 Å². The first-order valence-electron chi connectivity index (χ1n) is 2.50. The predicted molar refractivity (Wildman–Crippen MR) is 34.7 cm³/mol. The van der Waals surface area contributed by atoms with Crippen LogP contribution in [0.15, 0.2) is 0 Å². The van der Waals surface area contributed by atoms with Gasteiger partial charge in [-0.25, -0.2) is 9.59 Å². The first-order valence-corrected chi connectivity index (χ1v) is 2.50. The van der Waals surface area contributed by atoms with Crippen LogP contribution in [0, 0.1) is 5.41 Å². The molecule has 0 atom stereocenters. The van der Waals surface area contributed by atoms with Crippen molar-refractivity contribution in [1.29, 1.82) is 5.41 Å². The highest BCUT2D eigenvalue weighted by molar-refractivity contribution is 5.98. The zero-order valence-electron chi connectivity index (χ0n) is 5.66. The average molecular weight is 161 g/mol. The molecule has 2 amide bonds. The second-order valence-corrected chi connectivity index (χ2v) is 1.62. The molecule has 0 aromatic carbocycles. The fourth-order valence-corrected chi connectivity index (χ4v) is 0.281. The molecular formula is C4H7N3O4. The summed E-state index contributed by atoms with van der Waals surface area (Å²) in [6, 6.07) is 0. The van der Waals surface area contributed by atoms with Crippen LogP contribution in [0.25, 0.3) is 0 Å². The van der Waals surface area contributed by atoms with Gasteiger partial charge in [0.1, 0.15) is 0 Å². The van der Waals surface area contributed by atoms with Gasteiger partial charge in [-0.3, -0.25) is 15.6 Å². The van der Waals surface area contributed by atoms with E-state index in [4.69, 9.17) is 15.6 Å². The Morgan fingerprint density at radius 1 is 1.45 bits per heavy atom. The number of hydrogen-bond acceptors (Lipinski definition) is 3. The fourth-order valence-electron chi connectivity index (χ4n) is 0.281. The lowest BCUT2D eigenvalue weighted by Gasteiger charge is -2.12. The maximum atomic E-state index is 10.1. The van der Waals surface area contributed by atoms with Crippen molar-refractivity contribution in [2.75, 3.05) is 7.05 Å². The predicted octanol–water partition coefficient (Wildman–Crippen LogP) is -0.201. The van der Waals surface area contributed by atoms with Crippen LogP contribution in [-0.4, -0.2) is 40.3 Å². The summed E-state index contributed by atoms with van der Waals surface area (Å²) >= 11 is 0. The van der Waals surface area contributed by atoms with Gasteiger partial charge in [0.15, 0.2) is 0 Å². The molecule has 7 heteroatoms. The van der Waals surface area contributed by atoms with Crippen LogP contribution in [0.5, 0.6) is 0 Å². The van der Waals surface area contributed by atoms with Crippen molar-refractivity contribution in [2.45, 2.75) is 0 Å². The summed E-state index contributed by atoms with van der Waals surface area (Å²) < 4.78 is 0. The van der Waals surface area contributed by atoms with Crippen LogP contribution in [0.1, 0.15) is 0 Å². The van der Waals surface area contributed by atoms with Gasteiger partial charge in [-0.05, 0) is 0 Å². The van der Waals surface area contributed by atoms with Gasteiger partial charge in [0, 0.05) is 7.05 Å². The summed E-state index contributed by atoms with van der Waals surface area (Å²) in [6.45, 7) is 0. The third-order valence-electron chi connectivity index (χ3n) is 0.848. The van der Waals surface area contributed by atoms with E-state index in [2.05, 4.69) is 0 Å². The van der Waals surface area contributed by atoms with Crippen LogP contribution in [-0.2, 0) is 0 Å². The summed E-state index contributed by atoms with van der Waals surface area (Å²) in [5.41, 5.74) is 0. The van der Waals surface area contributed by atoms with E-state index in [0.29, 0.717) is 4.90 Å². The van der Waals surface area contributed by atoms with E-state index in [-0.39, 0.29) is 0 Å². The van der Waals surface area contributed by atoms with E-state index in [1.807, 2.05) is 0 Å². The summed E-state index contributed by atoms with van der Waals surface area (Å²) in [7, 11) is 1.06. The molecule has 0 rings (SSSR count). The van der Waals surface area contributed by atoms with E-state index >= 15 is 0 Å². The van der Waals surface area contributed by atoms with Crippen LogP contribution in [0.3, 0.4) is 0 Å². The monoisotopic (exact) mass is 161 g/mol. The molecule has 0 aromatic rings. The lowest BCUT2D eigenvalue weighted by Crippen LogP contribution is -2.43. The summed E-state index contributed by atoms with van der Waals surface area (Å²) in [5.74, 6) is -0.704. The van der Waals surface area contributed by atoms with Crippen LogP contribution >= 0.6 is 0 Å². The van der Waals surface area contributed by atoms with Crippen molar-refractivity contribution in [3.63, 3.8) is 0 Å². The highest BCUT2D eigenvalue weighted by Crippen LogP contribution is 1.82. The van der Waals surface area contributed by atoms with Gasteiger partial charge in [0.25, 0.3) is 0 Å².